The fourth-order valence-electron chi connectivity index (χ4n) is 7.18. The van der Waals surface area contributed by atoms with E-state index in [-0.39, 0.29) is 28.6 Å². The van der Waals surface area contributed by atoms with Gasteiger partial charge >= 0.3 is 6.09 Å². The van der Waals surface area contributed by atoms with Crippen LogP contribution < -0.4 is 37.9 Å². The largest absolute Gasteiger partial charge is 0.506 e. The SMILES string of the molecule is CC(=N)C1=C(Nc2ccc(C(N)=O)c(NCCCOCCOCCOCCOCCOCCCNC(=O)c3ccc(NNc4ccc(CCNC(=O)OC(C)(C)C)cc4O)cc3)c2)CC(C)(C)CC1=O. The molecule has 3 amide bonds. The van der Waals surface area contributed by atoms with Gasteiger partial charge < -0.3 is 71.4 Å². The Kier molecular flexibility index (Phi) is 23.4. The number of nitrogens with one attached hydrogen (secondary N) is 7. The Labute approximate surface area is 411 Å². The Bertz CT molecular complexity index is 2210. The molecule has 1 aliphatic carbocycles. The predicted molar refractivity (Wildman–Crippen MR) is 271 cm³/mol. The summed E-state index contributed by atoms with van der Waals surface area (Å²) in [6, 6.07) is 17.3. The number of alkyl carbamates (subject to hydrolysis) is 1. The summed E-state index contributed by atoms with van der Waals surface area (Å²) in [5.41, 5.74) is 16.3. The van der Waals surface area contributed by atoms with E-state index in [2.05, 4.69) is 32.1 Å². The summed E-state index contributed by atoms with van der Waals surface area (Å²) in [4.78, 5) is 49.4. The fraction of sp³-hybridized carbons (Fsp3) is 0.510. The summed E-state index contributed by atoms with van der Waals surface area (Å²) in [6.07, 6.45) is 2.37. The number of anilines is 4. The number of hydrazine groups is 1. The zero-order chi connectivity index (χ0) is 50.9. The van der Waals surface area contributed by atoms with Gasteiger partial charge in [-0.15, -0.1) is 0 Å². The number of aromatic hydroxyl groups is 1. The molecule has 0 atom stereocenters. The maximum Gasteiger partial charge on any atom is 0.407 e. The molecule has 0 saturated heterocycles. The zero-order valence-corrected chi connectivity index (χ0v) is 41.6. The molecule has 0 saturated carbocycles. The van der Waals surface area contributed by atoms with E-state index < -0.39 is 17.6 Å². The van der Waals surface area contributed by atoms with Crippen LogP contribution in [0.25, 0.3) is 0 Å². The lowest BCUT2D eigenvalue weighted by molar-refractivity contribution is -0.117. The Morgan fingerprint density at radius 1 is 0.714 bits per heavy atom. The standard InChI is InChI=1S/C51H74N8O11/c1-35(52)46-43(33-51(5,6)34-45(46)61)57-39-14-15-40(47(53)62)42(32-39)54-18-7-21-65-23-25-67-27-29-69-30-28-68-26-24-66-22-8-19-55-48(63)37-10-12-38(13-11-37)58-59-41-16-9-36(31-44(41)60)17-20-56-49(64)70-50(2,3)4/h9-16,31-32,52,54,57-60H,7-8,17-30,33-34H2,1-6H3,(H2,53,62)(H,55,63)(H,56,64). The van der Waals surface area contributed by atoms with Gasteiger partial charge in [0.2, 0.25) is 0 Å². The van der Waals surface area contributed by atoms with Crippen molar-refractivity contribution in [3.8, 4) is 5.75 Å². The molecule has 3 aromatic rings. The van der Waals surface area contributed by atoms with E-state index in [0.29, 0.717) is 163 Å². The third-order valence-electron chi connectivity index (χ3n) is 10.5. The Balaban J connectivity index is 0.940. The third kappa shape index (κ3) is 21.2. The topological polar surface area (TPSA) is 266 Å². The van der Waals surface area contributed by atoms with Gasteiger partial charge in [0.25, 0.3) is 11.8 Å². The van der Waals surface area contributed by atoms with Gasteiger partial charge in [0.1, 0.15) is 11.4 Å². The molecule has 0 spiro atoms. The molecule has 0 fully saturated rings. The highest BCUT2D eigenvalue weighted by Crippen LogP contribution is 2.38. The number of hydrogen-bond acceptors (Lipinski definition) is 16. The minimum absolute atomic E-state index is 0.0468. The highest BCUT2D eigenvalue weighted by atomic mass is 16.6. The van der Waals surface area contributed by atoms with Gasteiger partial charge in [-0.05, 0) is 119 Å². The molecule has 19 nitrogen and oxygen atoms in total. The summed E-state index contributed by atoms with van der Waals surface area (Å²) in [5.74, 6) is -0.748. The number of benzene rings is 3. The van der Waals surface area contributed by atoms with Crippen LogP contribution >= 0.6 is 0 Å². The lowest BCUT2D eigenvalue weighted by Gasteiger charge is -2.32. The lowest BCUT2D eigenvalue weighted by atomic mass is 9.75. The van der Waals surface area contributed by atoms with Crippen molar-refractivity contribution in [3.63, 3.8) is 0 Å². The molecule has 19 heteroatoms. The monoisotopic (exact) mass is 975 g/mol. The van der Waals surface area contributed by atoms with E-state index in [1.165, 1.54) is 0 Å². The van der Waals surface area contributed by atoms with Crippen LogP contribution in [-0.4, -0.2) is 126 Å². The van der Waals surface area contributed by atoms with Gasteiger partial charge in [0, 0.05) is 67.6 Å². The Morgan fingerprint density at radius 2 is 1.30 bits per heavy atom. The van der Waals surface area contributed by atoms with E-state index >= 15 is 0 Å². The lowest BCUT2D eigenvalue weighted by Crippen LogP contribution is -2.33. The molecule has 0 aliphatic heterocycles. The van der Waals surface area contributed by atoms with Gasteiger partial charge in [-0.1, -0.05) is 19.9 Å². The van der Waals surface area contributed by atoms with Crippen molar-refractivity contribution in [1.29, 1.82) is 5.41 Å². The zero-order valence-electron chi connectivity index (χ0n) is 41.6. The van der Waals surface area contributed by atoms with E-state index in [0.717, 1.165) is 5.56 Å². The van der Waals surface area contributed by atoms with Crippen molar-refractivity contribution >= 4 is 52.2 Å². The minimum atomic E-state index is -0.570. The van der Waals surface area contributed by atoms with E-state index in [9.17, 15) is 24.3 Å². The van der Waals surface area contributed by atoms with Gasteiger partial charge in [0.15, 0.2) is 5.78 Å². The summed E-state index contributed by atoms with van der Waals surface area (Å²) in [7, 11) is 0. The Hall–Kier alpha value is -6.25. The van der Waals surface area contributed by atoms with Gasteiger partial charge in [-0.3, -0.25) is 19.8 Å². The molecule has 1 aliphatic rings. The summed E-state index contributed by atoms with van der Waals surface area (Å²) < 4.78 is 33.2. The molecular formula is C51H74N8O11. The number of phenolic OH excluding ortho intramolecular Hbond substituents is 1. The molecule has 70 heavy (non-hydrogen) atoms. The van der Waals surface area contributed by atoms with Crippen LogP contribution in [-0.2, 0) is 39.6 Å². The number of nitrogens with two attached hydrogens (primary N) is 1. The number of primary amides is 1. The molecule has 0 aromatic heterocycles. The first-order valence-electron chi connectivity index (χ1n) is 23.7. The maximum absolute atomic E-state index is 12.8. The number of phenols is 1. The van der Waals surface area contributed by atoms with Crippen LogP contribution in [0.3, 0.4) is 0 Å². The van der Waals surface area contributed by atoms with Crippen molar-refractivity contribution in [2.24, 2.45) is 11.1 Å². The maximum atomic E-state index is 12.8. The quantitative estimate of drug-likeness (QED) is 0.0135. The fourth-order valence-corrected chi connectivity index (χ4v) is 7.18. The van der Waals surface area contributed by atoms with Gasteiger partial charge in [0.05, 0.1) is 75.4 Å². The number of allylic oxidation sites excluding steroid dienone is 2. The normalized spacial score (nSPS) is 13.4. The molecule has 0 bridgehead atoms. The van der Waals surface area contributed by atoms with Crippen LogP contribution in [0.1, 0.15) is 93.5 Å². The first-order valence-corrected chi connectivity index (χ1v) is 23.7. The molecule has 0 heterocycles. The van der Waals surface area contributed by atoms with Crippen molar-refractivity contribution in [1.82, 2.24) is 10.6 Å². The highest BCUT2D eigenvalue weighted by Gasteiger charge is 2.34. The molecule has 4 rings (SSSR count). The van der Waals surface area contributed by atoms with Crippen molar-refractivity contribution < 1.29 is 52.7 Å². The third-order valence-corrected chi connectivity index (χ3v) is 10.5. The average Bonchev–Trinajstić information content (AvgIpc) is 3.28. The average molecular weight is 975 g/mol. The number of carbonyl (C=O) groups excluding carboxylic acids is 4. The Morgan fingerprint density at radius 3 is 1.87 bits per heavy atom. The molecule has 384 valence electrons. The van der Waals surface area contributed by atoms with Crippen molar-refractivity contribution in [2.75, 3.05) is 107 Å². The number of amides is 3. The number of hydrogen-bond donors (Lipinski definition) is 9. The van der Waals surface area contributed by atoms with Crippen LogP contribution in [0.4, 0.5) is 27.5 Å². The van der Waals surface area contributed by atoms with Crippen LogP contribution in [0.2, 0.25) is 0 Å². The summed E-state index contributed by atoms with van der Waals surface area (Å²) in [5, 5.41) is 30.8. The van der Waals surface area contributed by atoms with Gasteiger partial charge in [-0.25, -0.2) is 4.79 Å². The van der Waals surface area contributed by atoms with E-state index in [4.69, 9.17) is 39.6 Å². The number of ether oxygens (including phenoxy) is 6. The second-order valence-electron chi connectivity index (χ2n) is 18.5. The van der Waals surface area contributed by atoms with Crippen LogP contribution in [0.15, 0.2) is 71.9 Å². The number of ketones is 1. The van der Waals surface area contributed by atoms with Crippen molar-refractivity contribution in [2.45, 2.75) is 79.2 Å². The molecule has 10 N–H and O–H groups in total. The first kappa shape index (κ1) is 56.3. The molecule has 0 radical (unpaired) electrons. The second kappa shape index (κ2) is 29.1. The highest BCUT2D eigenvalue weighted by molar-refractivity contribution is 6.22. The van der Waals surface area contributed by atoms with Crippen molar-refractivity contribution in [3.05, 3.63) is 88.6 Å². The molecule has 0 unspecified atom stereocenters. The number of Topliss-reactive ketones (excluding diaryl/α,β-unsaturated/α-hetero) is 1. The molecular weight excluding hydrogens is 901 g/mol. The van der Waals surface area contributed by atoms with Crippen LogP contribution in [0, 0.1) is 10.8 Å². The smallest absolute Gasteiger partial charge is 0.407 e. The van der Waals surface area contributed by atoms with Crippen LogP contribution in [0.5, 0.6) is 5.75 Å². The number of carbonyl (C=O) groups is 4. The predicted octanol–water partition coefficient (Wildman–Crippen LogP) is 6.80. The first-order chi connectivity index (χ1) is 33.4. The van der Waals surface area contributed by atoms with Gasteiger partial charge in [-0.2, -0.15) is 0 Å². The van der Waals surface area contributed by atoms with E-state index in [1.807, 2.05) is 19.9 Å². The van der Waals surface area contributed by atoms with E-state index in [1.54, 1.807) is 82.3 Å². The molecule has 3 aromatic carbocycles. The summed E-state index contributed by atoms with van der Waals surface area (Å²) >= 11 is 0. The second-order valence-corrected chi connectivity index (χ2v) is 18.5. The number of rotatable bonds is 32. The minimum Gasteiger partial charge on any atom is -0.506 e. The summed E-state index contributed by atoms with van der Waals surface area (Å²) in [6.45, 7) is 16.8.